The second-order valence-corrected chi connectivity index (χ2v) is 15.6. The number of hydrogen-bond acceptors (Lipinski definition) is 11. The van der Waals surface area contributed by atoms with Gasteiger partial charge in [0.25, 0.3) is 0 Å². The summed E-state index contributed by atoms with van der Waals surface area (Å²) >= 11 is 1.50. The number of aliphatic hydroxyl groups is 1. The van der Waals surface area contributed by atoms with Crippen LogP contribution in [0, 0.1) is 5.41 Å². The van der Waals surface area contributed by atoms with E-state index in [-0.39, 0.29) is 94.1 Å². The van der Waals surface area contributed by atoms with Gasteiger partial charge in [-0.15, -0.1) is 11.8 Å². The van der Waals surface area contributed by atoms with E-state index < -0.39 is 35.0 Å². The fourth-order valence-corrected chi connectivity index (χ4v) is 6.70. The van der Waals surface area contributed by atoms with Crippen LogP contribution >= 0.6 is 11.8 Å². The van der Waals surface area contributed by atoms with Crippen LogP contribution in [0.3, 0.4) is 0 Å². The summed E-state index contributed by atoms with van der Waals surface area (Å²) in [5, 5.41) is 21.8. The monoisotopic (exact) mass is 777 g/mol. The molecule has 0 radical (unpaired) electrons. The number of nitrogens with zero attached hydrogens (tertiary/aromatic N) is 2. The van der Waals surface area contributed by atoms with Crippen LogP contribution in [0.2, 0.25) is 0 Å². The number of aliphatic imine (C=N–C) groups is 1. The standard InChI is InChI=1S/C38H63N7O8S/c1-8-10-15-38(7)29(24-54-25-41-38)42-35(50)28-22-27(46)23-45(28)36(51)34(37(4,5)6)44-33(49)14-17-52-19-20-53-18-16-40-31(47)12-11-13-32(48)43-30(39)21-26(3)9-2/h10,15,21,25,27-29,34,46H,3,8-9,11-14,16-20,22-24,39H2,1-2,4-7H3,(H,40,47)(H,42,50)(H,43,48)(H,44,49)/b15-10-,30-21+/t27-,28+,29?,34-,38-/m1/s1. The van der Waals surface area contributed by atoms with E-state index in [2.05, 4.69) is 32.8 Å². The summed E-state index contributed by atoms with van der Waals surface area (Å²) in [6.45, 7) is 16.3. The molecule has 5 amide bonds. The molecule has 0 aromatic carbocycles. The van der Waals surface area contributed by atoms with Crippen LogP contribution in [0.4, 0.5) is 0 Å². The van der Waals surface area contributed by atoms with Crippen molar-refractivity contribution in [3.05, 3.63) is 36.2 Å². The van der Waals surface area contributed by atoms with E-state index >= 15 is 0 Å². The number of rotatable bonds is 22. The minimum absolute atomic E-state index is 0.00111. The molecule has 0 aliphatic carbocycles. The Morgan fingerprint density at radius 2 is 1.76 bits per heavy atom. The van der Waals surface area contributed by atoms with Gasteiger partial charge in [0.05, 0.1) is 49.7 Å². The van der Waals surface area contributed by atoms with Crippen molar-refractivity contribution < 1.29 is 38.6 Å². The molecule has 1 fully saturated rings. The van der Waals surface area contributed by atoms with Crippen molar-refractivity contribution >= 4 is 46.8 Å². The van der Waals surface area contributed by atoms with Gasteiger partial charge in [-0.25, -0.2) is 0 Å². The average molecular weight is 778 g/mol. The Morgan fingerprint density at radius 1 is 1.07 bits per heavy atom. The van der Waals surface area contributed by atoms with Crippen LogP contribution in [0.25, 0.3) is 0 Å². The van der Waals surface area contributed by atoms with Crippen LogP contribution in [0.1, 0.15) is 86.5 Å². The molecule has 0 spiro atoms. The summed E-state index contributed by atoms with van der Waals surface area (Å²) in [6.07, 6.45) is 7.12. The summed E-state index contributed by atoms with van der Waals surface area (Å²) in [7, 11) is 0. The molecule has 1 unspecified atom stereocenters. The van der Waals surface area contributed by atoms with Gasteiger partial charge in [0.15, 0.2) is 0 Å². The number of hydrogen-bond donors (Lipinski definition) is 6. The minimum atomic E-state index is -0.943. The Balaban J connectivity index is 1.72. The zero-order valence-electron chi connectivity index (χ0n) is 32.9. The maximum atomic E-state index is 13.9. The number of nitrogens with one attached hydrogen (secondary N) is 4. The lowest BCUT2D eigenvalue weighted by molar-refractivity contribution is -0.144. The van der Waals surface area contributed by atoms with Crippen LogP contribution in [-0.4, -0.2) is 120 Å². The van der Waals surface area contributed by atoms with Crippen LogP contribution in [0.15, 0.2) is 41.2 Å². The number of amides is 5. The predicted octanol–water partition coefficient (Wildman–Crippen LogP) is 2.06. The highest BCUT2D eigenvalue weighted by Crippen LogP contribution is 2.29. The molecule has 304 valence electrons. The fraction of sp³-hybridized carbons (Fsp3) is 0.684. The van der Waals surface area contributed by atoms with Crippen molar-refractivity contribution in [2.24, 2.45) is 16.1 Å². The molecule has 2 rings (SSSR count). The quantitative estimate of drug-likeness (QED) is 0.0535. The topological polar surface area (TPSA) is 214 Å². The van der Waals surface area contributed by atoms with E-state index in [1.807, 2.05) is 53.7 Å². The Kier molecular flexibility index (Phi) is 20.0. The zero-order chi connectivity index (χ0) is 40.3. The lowest BCUT2D eigenvalue weighted by Gasteiger charge is -2.38. The lowest BCUT2D eigenvalue weighted by Crippen LogP contribution is -2.60. The summed E-state index contributed by atoms with van der Waals surface area (Å²) < 4.78 is 11.0. The normalized spacial score (nSPS) is 22.2. The number of ether oxygens (including phenoxy) is 2. The Labute approximate surface area is 324 Å². The number of β-amino-alcohol motifs (C(OH)–C–C–N with tert-alkyl or cyclic N) is 1. The van der Waals surface area contributed by atoms with E-state index in [1.165, 1.54) is 16.7 Å². The van der Waals surface area contributed by atoms with Gasteiger partial charge in [-0.3, -0.25) is 29.0 Å². The van der Waals surface area contributed by atoms with Crippen molar-refractivity contribution in [2.75, 3.05) is 45.3 Å². The third-order valence-electron chi connectivity index (χ3n) is 8.98. The number of likely N-dealkylation sites (tertiary alicyclic amines) is 1. The molecule has 5 atom stereocenters. The first-order valence-corrected chi connectivity index (χ1v) is 19.8. The van der Waals surface area contributed by atoms with Crippen LogP contribution < -0.4 is 27.0 Å². The van der Waals surface area contributed by atoms with E-state index in [9.17, 15) is 29.1 Å². The van der Waals surface area contributed by atoms with Gasteiger partial charge in [0.2, 0.25) is 29.5 Å². The molecule has 16 heteroatoms. The number of carbonyl (C=O) groups excluding carboxylic acids is 5. The van der Waals surface area contributed by atoms with E-state index in [1.54, 1.807) is 11.6 Å². The maximum absolute atomic E-state index is 13.9. The largest absolute Gasteiger partial charge is 0.391 e. The highest BCUT2D eigenvalue weighted by atomic mass is 32.2. The van der Waals surface area contributed by atoms with Gasteiger partial charge in [-0.2, -0.15) is 0 Å². The van der Waals surface area contributed by atoms with E-state index in [0.717, 1.165) is 18.4 Å². The SMILES string of the molecule is C=C(/C=C(\N)NC(=O)CCCC(=O)NCCOCCOCCC(=O)N[C@H](C(=O)N1C[C@H](O)C[C@H]1C(=O)NC1CSC=N[C@]1(C)/C=C\CC)C(C)(C)C)CC. The molecular weight excluding hydrogens is 715 g/mol. The molecule has 0 saturated carbocycles. The molecule has 0 aromatic heterocycles. The molecular formula is C38H63N7O8S. The van der Waals surface area contributed by atoms with Gasteiger partial charge in [-0.1, -0.05) is 58.9 Å². The number of allylic oxidation sites excluding steroid dienone is 3. The highest BCUT2D eigenvalue weighted by molar-refractivity contribution is 8.12. The Morgan fingerprint density at radius 3 is 2.43 bits per heavy atom. The fourth-order valence-electron chi connectivity index (χ4n) is 5.70. The molecule has 2 aliphatic heterocycles. The van der Waals surface area contributed by atoms with Crippen molar-refractivity contribution in [1.29, 1.82) is 0 Å². The summed E-state index contributed by atoms with van der Waals surface area (Å²) in [4.78, 5) is 70.5. The number of aliphatic hydroxyl groups excluding tert-OH is 1. The second kappa shape index (κ2) is 23.2. The Hall–Kier alpha value is -3.73. The number of thioether (sulfide) groups is 1. The molecule has 2 heterocycles. The molecule has 1 saturated heterocycles. The van der Waals surface area contributed by atoms with Crippen LogP contribution in [0.5, 0.6) is 0 Å². The summed E-state index contributed by atoms with van der Waals surface area (Å²) in [5.74, 6) is -0.795. The van der Waals surface area contributed by atoms with Crippen molar-refractivity contribution in [1.82, 2.24) is 26.2 Å². The zero-order valence-corrected chi connectivity index (χ0v) is 33.7. The smallest absolute Gasteiger partial charge is 0.246 e. The molecule has 0 bridgehead atoms. The first-order valence-electron chi connectivity index (χ1n) is 18.8. The molecule has 15 nitrogen and oxygen atoms in total. The lowest BCUT2D eigenvalue weighted by atomic mass is 9.85. The highest BCUT2D eigenvalue weighted by Gasteiger charge is 2.46. The molecule has 0 aromatic rings. The van der Waals surface area contributed by atoms with Crippen molar-refractivity contribution in [3.8, 4) is 0 Å². The van der Waals surface area contributed by atoms with Gasteiger partial charge in [0.1, 0.15) is 17.9 Å². The van der Waals surface area contributed by atoms with Gasteiger partial charge < -0.3 is 46.5 Å². The minimum Gasteiger partial charge on any atom is -0.391 e. The third kappa shape index (κ3) is 16.3. The predicted molar refractivity (Wildman–Crippen MR) is 211 cm³/mol. The van der Waals surface area contributed by atoms with Gasteiger partial charge in [0, 0.05) is 44.5 Å². The van der Waals surface area contributed by atoms with E-state index in [4.69, 9.17) is 15.2 Å². The van der Waals surface area contributed by atoms with Crippen molar-refractivity contribution in [2.45, 2.75) is 116 Å². The van der Waals surface area contributed by atoms with Gasteiger partial charge >= 0.3 is 0 Å². The van der Waals surface area contributed by atoms with Gasteiger partial charge in [-0.05, 0) is 37.7 Å². The molecule has 54 heavy (non-hydrogen) atoms. The number of carbonyl (C=O) groups is 5. The number of nitrogens with two attached hydrogens (primary N) is 1. The van der Waals surface area contributed by atoms with Crippen LogP contribution in [-0.2, 0) is 33.4 Å². The van der Waals surface area contributed by atoms with E-state index in [0.29, 0.717) is 18.7 Å². The summed E-state index contributed by atoms with van der Waals surface area (Å²) in [5.41, 5.74) is 7.03. The third-order valence-corrected chi connectivity index (χ3v) is 9.76. The van der Waals surface area contributed by atoms with Crippen molar-refractivity contribution in [3.63, 3.8) is 0 Å². The molecule has 7 N–H and O–H groups in total. The summed E-state index contributed by atoms with van der Waals surface area (Å²) in [6, 6.07) is -2.13. The average Bonchev–Trinajstić information content (AvgIpc) is 3.50. The molecule has 2 aliphatic rings. The Bertz CT molecular complexity index is 1380. The first-order chi connectivity index (χ1) is 25.5. The first kappa shape index (κ1) is 46.4. The maximum Gasteiger partial charge on any atom is 0.246 e. The second-order valence-electron chi connectivity index (χ2n) is 14.8.